The number of carbonyl (C=O) groups is 1. The lowest BCUT2D eigenvalue weighted by molar-refractivity contribution is -0.143. The molecule has 0 aliphatic carbocycles. The molecule has 2 heterocycles. The molecule has 2 fully saturated rings. The number of nitrogens with two attached hydrogens (primary N) is 1. The topological polar surface area (TPSA) is 71.2 Å². The van der Waals surface area contributed by atoms with Crippen LogP contribution in [0.15, 0.2) is 29.4 Å². The average Bonchev–Trinajstić information content (AvgIpc) is 2.72. The predicted molar refractivity (Wildman–Crippen MR) is 112 cm³/mol. The van der Waals surface area contributed by atoms with Crippen molar-refractivity contribution in [1.82, 2.24) is 9.80 Å². The van der Waals surface area contributed by atoms with Gasteiger partial charge in [0.05, 0.1) is 0 Å². The highest BCUT2D eigenvalue weighted by Gasteiger charge is 2.25. The number of hydrogen-bond donors (Lipinski definition) is 1. The minimum absolute atomic E-state index is 0.0118. The number of piperidine rings is 2. The molecule has 2 aliphatic heterocycles. The van der Waals surface area contributed by atoms with Gasteiger partial charge in [0.1, 0.15) is 0 Å². The van der Waals surface area contributed by atoms with Gasteiger partial charge in [0.25, 0.3) is 5.91 Å². The molecule has 1 unspecified atom stereocenters. The van der Waals surface area contributed by atoms with Crippen molar-refractivity contribution in [2.45, 2.75) is 58.6 Å². The quantitative estimate of drug-likeness (QED) is 0.464. The number of amidine groups is 1. The van der Waals surface area contributed by atoms with E-state index in [0.29, 0.717) is 11.8 Å². The number of amides is 1. The van der Waals surface area contributed by atoms with Gasteiger partial charge in [0, 0.05) is 25.2 Å². The third-order valence-electron chi connectivity index (χ3n) is 5.83. The second-order valence-corrected chi connectivity index (χ2v) is 8.27. The van der Waals surface area contributed by atoms with Crippen LogP contribution in [0.1, 0.15) is 57.1 Å². The summed E-state index contributed by atoms with van der Waals surface area (Å²) in [6.07, 6.45) is 5.36. The standard InChI is InChI=1S/C22H34N4O2/c1-17-9-13-26(14-10-17)22(27)18(2)28-24-21(23)20-8-6-7-19(15-20)16-25-11-4-3-5-12-25/h6-8,15,17-18H,3-5,9-14,16H2,1-2H3,(H2,23,24). The number of rotatable bonds is 6. The van der Waals surface area contributed by atoms with Gasteiger partial charge in [0.15, 0.2) is 5.84 Å². The maximum Gasteiger partial charge on any atom is 0.266 e. The molecule has 3 rings (SSSR count). The summed E-state index contributed by atoms with van der Waals surface area (Å²) in [5.41, 5.74) is 8.19. The third kappa shape index (κ3) is 5.71. The number of likely N-dealkylation sites (tertiary alicyclic amines) is 2. The summed E-state index contributed by atoms with van der Waals surface area (Å²) in [5, 5.41) is 4.05. The minimum atomic E-state index is -0.622. The van der Waals surface area contributed by atoms with Crippen LogP contribution in [-0.2, 0) is 16.2 Å². The van der Waals surface area contributed by atoms with E-state index in [1.165, 1.54) is 24.8 Å². The smallest absolute Gasteiger partial charge is 0.266 e. The van der Waals surface area contributed by atoms with E-state index in [0.717, 1.165) is 51.1 Å². The van der Waals surface area contributed by atoms with Gasteiger partial charge < -0.3 is 15.5 Å². The van der Waals surface area contributed by atoms with Gasteiger partial charge in [0.2, 0.25) is 6.10 Å². The summed E-state index contributed by atoms with van der Waals surface area (Å²) in [5.74, 6) is 0.987. The van der Waals surface area contributed by atoms with Crippen molar-refractivity contribution in [3.05, 3.63) is 35.4 Å². The Morgan fingerprint density at radius 2 is 1.93 bits per heavy atom. The molecule has 2 saturated heterocycles. The van der Waals surface area contributed by atoms with Gasteiger partial charge in [-0.1, -0.05) is 36.7 Å². The van der Waals surface area contributed by atoms with Crippen LogP contribution in [0.25, 0.3) is 0 Å². The first kappa shape index (κ1) is 20.6. The van der Waals surface area contributed by atoms with Crippen LogP contribution in [0.5, 0.6) is 0 Å². The van der Waals surface area contributed by atoms with Crippen molar-refractivity contribution in [3.63, 3.8) is 0 Å². The summed E-state index contributed by atoms with van der Waals surface area (Å²) in [4.78, 5) is 22.3. The van der Waals surface area contributed by atoms with Crippen LogP contribution >= 0.6 is 0 Å². The molecule has 2 N–H and O–H groups in total. The second-order valence-electron chi connectivity index (χ2n) is 8.27. The molecule has 6 nitrogen and oxygen atoms in total. The minimum Gasteiger partial charge on any atom is -0.381 e. The number of carbonyl (C=O) groups excluding carboxylic acids is 1. The number of oxime groups is 1. The third-order valence-corrected chi connectivity index (χ3v) is 5.83. The van der Waals surface area contributed by atoms with Crippen molar-refractivity contribution >= 4 is 11.7 Å². The highest BCUT2D eigenvalue weighted by atomic mass is 16.6. The molecule has 6 heteroatoms. The molecular weight excluding hydrogens is 352 g/mol. The van der Waals surface area contributed by atoms with E-state index in [-0.39, 0.29) is 5.91 Å². The molecule has 154 valence electrons. The van der Waals surface area contributed by atoms with E-state index in [1.54, 1.807) is 6.92 Å². The molecule has 1 aromatic carbocycles. The normalized spacial score (nSPS) is 20.8. The van der Waals surface area contributed by atoms with Crippen LogP contribution in [-0.4, -0.2) is 53.8 Å². The fourth-order valence-electron chi connectivity index (χ4n) is 3.92. The summed E-state index contributed by atoms with van der Waals surface area (Å²) < 4.78 is 0. The molecule has 0 bridgehead atoms. The van der Waals surface area contributed by atoms with Crippen molar-refractivity contribution in [3.8, 4) is 0 Å². The molecule has 0 radical (unpaired) electrons. The summed E-state index contributed by atoms with van der Waals surface area (Å²) in [6, 6.07) is 8.12. The number of nitrogens with zero attached hydrogens (tertiary/aromatic N) is 3. The molecule has 1 aromatic rings. The summed E-state index contributed by atoms with van der Waals surface area (Å²) in [6.45, 7) is 8.81. The van der Waals surface area contributed by atoms with Crippen molar-refractivity contribution in [1.29, 1.82) is 0 Å². The summed E-state index contributed by atoms with van der Waals surface area (Å²) >= 11 is 0. The predicted octanol–water partition coefficient (Wildman–Crippen LogP) is 2.96. The van der Waals surface area contributed by atoms with Crippen LogP contribution < -0.4 is 5.73 Å². The van der Waals surface area contributed by atoms with Crippen molar-refractivity contribution < 1.29 is 9.63 Å². The fraction of sp³-hybridized carbons (Fsp3) is 0.636. The van der Waals surface area contributed by atoms with Gasteiger partial charge in [-0.05, 0) is 63.2 Å². The Kier molecular flexibility index (Phi) is 7.31. The maximum atomic E-state index is 12.5. The van der Waals surface area contributed by atoms with Crippen molar-refractivity contribution in [2.75, 3.05) is 26.2 Å². The molecule has 0 aromatic heterocycles. The van der Waals surface area contributed by atoms with E-state index in [9.17, 15) is 4.79 Å². The Bertz CT molecular complexity index is 677. The molecule has 1 atom stereocenters. The highest BCUT2D eigenvalue weighted by molar-refractivity contribution is 5.97. The molecule has 1 amide bonds. The van der Waals surface area contributed by atoms with E-state index in [1.807, 2.05) is 17.0 Å². The largest absolute Gasteiger partial charge is 0.381 e. The fourth-order valence-corrected chi connectivity index (χ4v) is 3.92. The Hall–Kier alpha value is -2.08. The lowest BCUT2D eigenvalue weighted by Gasteiger charge is -2.31. The first-order chi connectivity index (χ1) is 13.5. The Labute approximate surface area is 168 Å². The summed E-state index contributed by atoms with van der Waals surface area (Å²) in [7, 11) is 0. The number of hydrogen-bond acceptors (Lipinski definition) is 4. The zero-order valence-corrected chi connectivity index (χ0v) is 17.3. The lowest BCUT2D eigenvalue weighted by atomic mass is 9.99. The van der Waals surface area contributed by atoms with Crippen molar-refractivity contribution in [2.24, 2.45) is 16.8 Å². The van der Waals surface area contributed by atoms with E-state index < -0.39 is 6.10 Å². The first-order valence-corrected chi connectivity index (χ1v) is 10.6. The first-order valence-electron chi connectivity index (χ1n) is 10.6. The van der Waals surface area contributed by atoms with Gasteiger partial charge in [-0.15, -0.1) is 0 Å². The van der Waals surface area contributed by atoms with Gasteiger partial charge in [-0.3, -0.25) is 9.69 Å². The highest BCUT2D eigenvalue weighted by Crippen LogP contribution is 2.17. The Balaban J connectivity index is 1.55. The van der Waals surface area contributed by atoms with E-state index in [2.05, 4.69) is 29.1 Å². The van der Waals surface area contributed by atoms with E-state index in [4.69, 9.17) is 10.6 Å². The monoisotopic (exact) mass is 386 g/mol. The zero-order valence-electron chi connectivity index (χ0n) is 17.3. The molecular formula is C22H34N4O2. The number of benzene rings is 1. The van der Waals surface area contributed by atoms with E-state index >= 15 is 0 Å². The lowest BCUT2D eigenvalue weighted by Crippen LogP contribution is -2.43. The second kappa shape index (κ2) is 9.92. The van der Waals surface area contributed by atoms with Crippen LogP contribution in [0.2, 0.25) is 0 Å². The maximum absolute atomic E-state index is 12.5. The van der Waals surface area contributed by atoms with Gasteiger partial charge >= 0.3 is 0 Å². The molecule has 0 spiro atoms. The van der Waals surface area contributed by atoms with Crippen LogP contribution in [0.4, 0.5) is 0 Å². The Morgan fingerprint density at radius 1 is 1.21 bits per heavy atom. The Morgan fingerprint density at radius 3 is 2.64 bits per heavy atom. The SMILES string of the molecule is CC1CCN(C(=O)C(C)ON=C(N)c2cccc(CN3CCCCC3)c2)CC1. The van der Waals surface area contributed by atoms with Gasteiger partial charge in [-0.25, -0.2) is 0 Å². The molecule has 28 heavy (non-hydrogen) atoms. The van der Waals surface area contributed by atoms with Crippen LogP contribution in [0, 0.1) is 5.92 Å². The average molecular weight is 387 g/mol. The molecule has 2 aliphatic rings. The van der Waals surface area contributed by atoms with Gasteiger partial charge in [-0.2, -0.15) is 0 Å². The molecule has 0 saturated carbocycles. The zero-order chi connectivity index (χ0) is 19.9. The van der Waals surface area contributed by atoms with Crippen LogP contribution in [0.3, 0.4) is 0 Å².